The Morgan fingerprint density at radius 1 is 1.50 bits per heavy atom. The number of halogens is 1. The minimum Gasteiger partial charge on any atom is -0.410 e. The molecule has 2 aromatic rings. The molecule has 0 amide bonds. The van der Waals surface area contributed by atoms with E-state index in [4.69, 9.17) is 4.42 Å². The Hall–Kier alpha value is -0.920. The van der Waals surface area contributed by atoms with Crippen LogP contribution in [-0.4, -0.2) is 20.0 Å². The lowest BCUT2D eigenvalue weighted by atomic mass is 10.4. The van der Waals surface area contributed by atoms with Crippen LogP contribution in [0, 0.1) is 3.90 Å². The van der Waals surface area contributed by atoms with Crippen LogP contribution in [0.15, 0.2) is 16.7 Å². The Balaban J connectivity index is 2.50. The highest BCUT2D eigenvalue weighted by Gasteiger charge is 2.09. The van der Waals surface area contributed by atoms with E-state index in [1.807, 2.05) is 35.7 Å². The summed E-state index contributed by atoms with van der Waals surface area (Å²) in [6.07, 6.45) is 1.69. The molecule has 0 saturated carbocycles. The number of nitrogens with zero attached hydrogens (tertiary/aromatic N) is 4. The molecule has 0 fully saturated rings. The standard InChI is InChI=1S/C6H5IN4O/c1-11-4(2-3-8-11)5-9-10-6(7)12-5/h2-3H,1H3. The first kappa shape index (κ1) is 7.71. The number of hydrogen-bond acceptors (Lipinski definition) is 4. The third-order valence-electron chi connectivity index (χ3n) is 1.44. The van der Waals surface area contributed by atoms with Crippen LogP contribution >= 0.6 is 22.6 Å². The Bertz CT molecular complexity index is 394. The summed E-state index contributed by atoms with van der Waals surface area (Å²) in [4.78, 5) is 0. The summed E-state index contributed by atoms with van der Waals surface area (Å²) in [5, 5.41) is 11.6. The molecule has 0 bridgehead atoms. The molecule has 0 aromatic carbocycles. The maximum absolute atomic E-state index is 5.21. The molecule has 6 heteroatoms. The Morgan fingerprint density at radius 2 is 2.33 bits per heavy atom. The molecular formula is C6H5IN4O. The molecule has 62 valence electrons. The van der Waals surface area contributed by atoms with Crippen molar-refractivity contribution in [1.29, 1.82) is 0 Å². The van der Waals surface area contributed by atoms with Crippen LogP contribution in [0.2, 0.25) is 0 Å². The van der Waals surface area contributed by atoms with Crippen molar-refractivity contribution < 1.29 is 4.42 Å². The minimum atomic E-state index is 0.499. The average Bonchev–Trinajstić information content (AvgIpc) is 2.58. The van der Waals surface area contributed by atoms with E-state index in [0.717, 1.165) is 5.69 Å². The summed E-state index contributed by atoms with van der Waals surface area (Å²) in [6.45, 7) is 0. The van der Waals surface area contributed by atoms with Gasteiger partial charge in [0.05, 0.1) is 0 Å². The van der Waals surface area contributed by atoms with Crippen molar-refractivity contribution in [1.82, 2.24) is 20.0 Å². The van der Waals surface area contributed by atoms with E-state index in [1.165, 1.54) is 0 Å². The van der Waals surface area contributed by atoms with Crippen LogP contribution in [0.1, 0.15) is 0 Å². The molecule has 5 nitrogen and oxygen atoms in total. The van der Waals surface area contributed by atoms with Gasteiger partial charge in [-0.15, -0.1) is 10.2 Å². The Labute approximate surface area is 81.9 Å². The molecule has 0 radical (unpaired) electrons. The summed E-state index contributed by atoms with van der Waals surface area (Å²) in [7, 11) is 1.83. The van der Waals surface area contributed by atoms with Crippen LogP contribution in [0.3, 0.4) is 0 Å². The molecule has 0 atom stereocenters. The zero-order valence-corrected chi connectivity index (χ0v) is 8.39. The number of hydrogen-bond donors (Lipinski definition) is 0. The van der Waals surface area contributed by atoms with Crippen LogP contribution in [-0.2, 0) is 7.05 Å². The zero-order chi connectivity index (χ0) is 8.55. The van der Waals surface area contributed by atoms with Crippen molar-refractivity contribution in [3.8, 4) is 11.6 Å². The van der Waals surface area contributed by atoms with E-state index < -0.39 is 0 Å². The van der Waals surface area contributed by atoms with Gasteiger partial charge in [0.1, 0.15) is 5.69 Å². The average molecular weight is 276 g/mol. The molecule has 0 aliphatic heterocycles. The van der Waals surface area contributed by atoms with Crippen LogP contribution in [0.4, 0.5) is 0 Å². The fourth-order valence-corrected chi connectivity index (χ4v) is 1.21. The molecule has 2 heterocycles. The highest BCUT2D eigenvalue weighted by atomic mass is 127. The fraction of sp³-hybridized carbons (Fsp3) is 0.167. The van der Waals surface area contributed by atoms with E-state index in [0.29, 0.717) is 9.79 Å². The monoisotopic (exact) mass is 276 g/mol. The predicted molar refractivity (Wildman–Crippen MR) is 49.2 cm³/mol. The van der Waals surface area contributed by atoms with Gasteiger partial charge in [0.15, 0.2) is 0 Å². The maximum Gasteiger partial charge on any atom is 0.278 e. The first-order valence-electron chi connectivity index (χ1n) is 3.25. The SMILES string of the molecule is Cn1nccc1-c1nnc(I)o1. The zero-order valence-electron chi connectivity index (χ0n) is 6.23. The van der Waals surface area contributed by atoms with Gasteiger partial charge >= 0.3 is 0 Å². The van der Waals surface area contributed by atoms with Gasteiger partial charge in [0, 0.05) is 35.8 Å². The molecule has 0 aliphatic carbocycles. The van der Waals surface area contributed by atoms with Crippen molar-refractivity contribution in [2.24, 2.45) is 7.05 Å². The molecular weight excluding hydrogens is 271 g/mol. The van der Waals surface area contributed by atoms with Crippen molar-refractivity contribution in [3.05, 3.63) is 16.2 Å². The second kappa shape index (κ2) is 2.85. The van der Waals surface area contributed by atoms with Gasteiger partial charge in [0.2, 0.25) is 0 Å². The van der Waals surface area contributed by atoms with E-state index in [1.54, 1.807) is 10.9 Å². The molecule has 12 heavy (non-hydrogen) atoms. The topological polar surface area (TPSA) is 56.7 Å². The summed E-state index contributed by atoms with van der Waals surface area (Å²) in [5.41, 5.74) is 0.824. The predicted octanol–water partition coefficient (Wildman–Crippen LogP) is 1.07. The van der Waals surface area contributed by atoms with Crippen molar-refractivity contribution in [2.75, 3.05) is 0 Å². The molecule has 0 N–H and O–H groups in total. The first-order valence-corrected chi connectivity index (χ1v) is 4.32. The number of aromatic nitrogens is 4. The second-order valence-electron chi connectivity index (χ2n) is 2.20. The highest BCUT2D eigenvalue weighted by Crippen LogP contribution is 2.16. The van der Waals surface area contributed by atoms with E-state index >= 15 is 0 Å². The van der Waals surface area contributed by atoms with Gasteiger partial charge in [0.25, 0.3) is 9.79 Å². The summed E-state index contributed by atoms with van der Waals surface area (Å²) in [5.74, 6) is 0.499. The lowest BCUT2D eigenvalue weighted by Gasteiger charge is -1.92. The quantitative estimate of drug-likeness (QED) is 0.731. The van der Waals surface area contributed by atoms with E-state index in [2.05, 4.69) is 15.3 Å². The minimum absolute atomic E-state index is 0.499. The van der Waals surface area contributed by atoms with Crippen molar-refractivity contribution >= 4 is 22.6 Å². The van der Waals surface area contributed by atoms with Gasteiger partial charge in [-0.2, -0.15) is 5.10 Å². The number of rotatable bonds is 1. The lowest BCUT2D eigenvalue weighted by Crippen LogP contribution is -1.92. The Kier molecular flexibility index (Phi) is 1.83. The molecule has 0 spiro atoms. The smallest absolute Gasteiger partial charge is 0.278 e. The van der Waals surface area contributed by atoms with Crippen LogP contribution in [0.25, 0.3) is 11.6 Å². The normalized spacial score (nSPS) is 10.5. The Morgan fingerprint density at radius 3 is 2.83 bits per heavy atom. The molecule has 0 unspecified atom stereocenters. The van der Waals surface area contributed by atoms with E-state index in [-0.39, 0.29) is 0 Å². The van der Waals surface area contributed by atoms with Gasteiger partial charge in [-0.05, 0) is 6.07 Å². The van der Waals surface area contributed by atoms with Gasteiger partial charge < -0.3 is 4.42 Å². The van der Waals surface area contributed by atoms with E-state index in [9.17, 15) is 0 Å². The van der Waals surface area contributed by atoms with Gasteiger partial charge in [-0.3, -0.25) is 4.68 Å². The fourth-order valence-electron chi connectivity index (χ4n) is 0.893. The van der Waals surface area contributed by atoms with Crippen LogP contribution < -0.4 is 0 Å². The summed E-state index contributed by atoms with van der Waals surface area (Å²) in [6, 6.07) is 1.82. The van der Waals surface area contributed by atoms with Gasteiger partial charge in [-0.25, -0.2) is 0 Å². The largest absolute Gasteiger partial charge is 0.410 e. The lowest BCUT2D eigenvalue weighted by molar-refractivity contribution is 0.530. The van der Waals surface area contributed by atoms with Crippen LogP contribution in [0.5, 0.6) is 0 Å². The molecule has 2 aromatic heterocycles. The maximum atomic E-state index is 5.21. The summed E-state index contributed by atoms with van der Waals surface area (Å²) >= 11 is 1.97. The number of aryl methyl sites for hydroxylation is 1. The molecule has 0 aliphatic rings. The second-order valence-corrected chi connectivity index (χ2v) is 3.12. The van der Waals surface area contributed by atoms with Crippen molar-refractivity contribution in [2.45, 2.75) is 0 Å². The third-order valence-corrected chi connectivity index (χ3v) is 1.88. The summed E-state index contributed by atoms with van der Waals surface area (Å²) < 4.78 is 7.43. The van der Waals surface area contributed by atoms with Crippen molar-refractivity contribution in [3.63, 3.8) is 0 Å². The third kappa shape index (κ3) is 1.22. The molecule has 2 rings (SSSR count). The highest BCUT2D eigenvalue weighted by molar-refractivity contribution is 14.1. The molecule has 0 saturated heterocycles. The van der Waals surface area contributed by atoms with Gasteiger partial charge in [-0.1, -0.05) is 0 Å². The first-order chi connectivity index (χ1) is 5.77.